The first kappa shape index (κ1) is 17.9. The van der Waals surface area contributed by atoms with Crippen molar-refractivity contribution in [1.82, 2.24) is 19.1 Å². The normalized spacial score (nSPS) is 10.7. The Labute approximate surface area is 154 Å². The number of methoxy groups -OCH3 is 1. The van der Waals surface area contributed by atoms with Crippen molar-refractivity contribution in [3.8, 4) is 5.88 Å². The lowest BCUT2D eigenvalue weighted by atomic mass is 10.2. The zero-order valence-electron chi connectivity index (χ0n) is 14.3. The molecule has 0 saturated carbocycles. The Hall–Kier alpha value is -2.93. The minimum absolute atomic E-state index is 0.0859. The number of hydrogen-bond donors (Lipinski definition) is 0. The number of aryl methyl sites for hydroxylation is 1. The first-order valence-corrected chi connectivity index (χ1v) is 8.27. The van der Waals surface area contributed by atoms with E-state index < -0.39 is 11.4 Å². The molecule has 0 unspecified atom stereocenters. The van der Waals surface area contributed by atoms with Gasteiger partial charge in [-0.05, 0) is 30.2 Å². The Morgan fingerprint density at radius 1 is 1.00 bits per heavy atom. The molecule has 0 fully saturated rings. The molecule has 0 atom stereocenters. The molecule has 0 radical (unpaired) electrons. The van der Waals surface area contributed by atoms with Crippen molar-refractivity contribution in [2.75, 3.05) is 7.11 Å². The highest BCUT2D eigenvalue weighted by atomic mass is 35.5. The van der Waals surface area contributed by atoms with Gasteiger partial charge in [0.05, 0.1) is 20.2 Å². The molecule has 8 heteroatoms. The zero-order valence-corrected chi connectivity index (χ0v) is 15.1. The van der Waals surface area contributed by atoms with E-state index >= 15 is 0 Å². The summed E-state index contributed by atoms with van der Waals surface area (Å²) >= 11 is 5.89. The maximum absolute atomic E-state index is 12.8. The SMILES string of the molecule is COc1ccc(Cn2c(=O)nc(C)n(Cc3ccc(Cl)cc3)c2=O)cn1. The highest BCUT2D eigenvalue weighted by molar-refractivity contribution is 6.30. The van der Waals surface area contributed by atoms with Crippen molar-refractivity contribution in [3.05, 3.63) is 85.5 Å². The molecule has 0 saturated heterocycles. The van der Waals surface area contributed by atoms with Crippen molar-refractivity contribution < 1.29 is 4.74 Å². The Kier molecular flexibility index (Phi) is 5.18. The van der Waals surface area contributed by atoms with E-state index in [9.17, 15) is 9.59 Å². The fourth-order valence-electron chi connectivity index (χ4n) is 2.52. The second-order valence-corrected chi connectivity index (χ2v) is 6.17. The number of hydrogen-bond acceptors (Lipinski definition) is 5. The van der Waals surface area contributed by atoms with Crippen molar-refractivity contribution in [3.63, 3.8) is 0 Å². The fourth-order valence-corrected chi connectivity index (χ4v) is 2.65. The van der Waals surface area contributed by atoms with Gasteiger partial charge in [-0.3, -0.25) is 4.57 Å². The van der Waals surface area contributed by atoms with Crippen LogP contribution in [0.2, 0.25) is 5.02 Å². The number of pyridine rings is 1. The van der Waals surface area contributed by atoms with Gasteiger partial charge in [0.25, 0.3) is 0 Å². The summed E-state index contributed by atoms with van der Waals surface area (Å²) < 4.78 is 7.56. The van der Waals surface area contributed by atoms with Gasteiger partial charge in [0.15, 0.2) is 0 Å². The van der Waals surface area contributed by atoms with Crippen LogP contribution in [0.25, 0.3) is 0 Å². The molecule has 3 aromatic rings. The van der Waals surface area contributed by atoms with Crippen LogP contribution in [0.4, 0.5) is 0 Å². The van der Waals surface area contributed by atoms with Gasteiger partial charge in [-0.25, -0.2) is 19.1 Å². The molecule has 0 aliphatic rings. The summed E-state index contributed by atoms with van der Waals surface area (Å²) in [6.07, 6.45) is 1.56. The molecule has 0 amide bonds. The van der Waals surface area contributed by atoms with E-state index in [4.69, 9.17) is 16.3 Å². The van der Waals surface area contributed by atoms with Gasteiger partial charge < -0.3 is 4.74 Å². The number of nitrogens with zero attached hydrogens (tertiary/aromatic N) is 4. The summed E-state index contributed by atoms with van der Waals surface area (Å²) in [5.41, 5.74) is 0.579. The van der Waals surface area contributed by atoms with Crippen LogP contribution in [0.3, 0.4) is 0 Å². The van der Waals surface area contributed by atoms with E-state index in [-0.39, 0.29) is 6.54 Å². The van der Waals surface area contributed by atoms with Gasteiger partial charge in [0.2, 0.25) is 5.88 Å². The van der Waals surface area contributed by atoms with Gasteiger partial charge >= 0.3 is 11.4 Å². The molecule has 0 aliphatic heterocycles. The number of rotatable bonds is 5. The van der Waals surface area contributed by atoms with Crippen LogP contribution in [0, 0.1) is 6.92 Å². The van der Waals surface area contributed by atoms with Crippen LogP contribution in [0.5, 0.6) is 5.88 Å². The Balaban J connectivity index is 1.96. The second kappa shape index (κ2) is 7.53. The van der Waals surface area contributed by atoms with Crippen molar-refractivity contribution in [2.45, 2.75) is 20.0 Å². The molecule has 2 aromatic heterocycles. The molecule has 3 rings (SSSR count). The predicted octanol–water partition coefficient (Wildman–Crippen LogP) is 1.87. The standard InChI is InChI=1S/C18H17ClN4O3/c1-12-21-17(24)23(11-14-5-8-16(26-2)20-9-14)18(25)22(12)10-13-3-6-15(19)7-4-13/h3-9H,10-11H2,1-2H3. The third-order valence-electron chi connectivity index (χ3n) is 3.94. The highest BCUT2D eigenvalue weighted by Crippen LogP contribution is 2.10. The van der Waals surface area contributed by atoms with Crippen molar-refractivity contribution in [1.29, 1.82) is 0 Å². The van der Waals surface area contributed by atoms with Crippen LogP contribution in [0.15, 0.2) is 52.2 Å². The molecule has 134 valence electrons. The number of halogens is 1. The predicted molar refractivity (Wildman–Crippen MR) is 97.9 cm³/mol. The Bertz CT molecular complexity index is 1020. The van der Waals surface area contributed by atoms with E-state index in [0.29, 0.717) is 28.8 Å². The van der Waals surface area contributed by atoms with Crippen LogP contribution in [-0.2, 0) is 13.1 Å². The Morgan fingerprint density at radius 3 is 2.27 bits per heavy atom. The van der Waals surface area contributed by atoms with Crippen LogP contribution in [0.1, 0.15) is 17.0 Å². The maximum atomic E-state index is 12.8. The number of ether oxygens (including phenoxy) is 1. The van der Waals surface area contributed by atoms with Crippen LogP contribution < -0.4 is 16.1 Å². The van der Waals surface area contributed by atoms with E-state index in [1.54, 1.807) is 37.4 Å². The van der Waals surface area contributed by atoms with E-state index in [0.717, 1.165) is 10.1 Å². The first-order valence-electron chi connectivity index (χ1n) is 7.89. The fraction of sp³-hybridized carbons (Fsp3) is 0.222. The summed E-state index contributed by atoms with van der Waals surface area (Å²) in [4.78, 5) is 33.1. The summed E-state index contributed by atoms with van der Waals surface area (Å²) in [5.74, 6) is 0.822. The molecule has 1 aromatic carbocycles. The van der Waals surface area contributed by atoms with Crippen LogP contribution >= 0.6 is 11.6 Å². The summed E-state index contributed by atoms with van der Waals surface area (Å²) in [6.45, 7) is 2.02. The van der Waals surface area contributed by atoms with Gasteiger partial charge in [0, 0.05) is 17.3 Å². The lowest BCUT2D eigenvalue weighted by Gasteiger charge is -2.12. The van der Waals surface area contributed by atoms with E-state index in [2.05, 4.69) is 9.97 Å². The van der Waals surface area contributed by atoms with Crippen molar-refractivity contribution in [2.24, 2.45) is 0 Å². The lowest BCUT2D eigenvalue weighted by Crippen LogP contribution is -2.43. The topological polar surface area (TPSA) is 79.0 Å². The molecule has 26 heavy (non-hydrogen) atoms. The third-order valence-corrected chi connectivity index (χ3v) is 4.19. The molecular weight excluding hydrogens is 356 g/mol. The van der Waals surface area contributed by atoms with Gasteiger partial charge in [-0.15, -0.1) is 0 Å². The largest absolute Gasteiger partial charge is 0.481 e. The number of benzene rings is 1. The zero-order chi connectivity index (χ0) is 18.7. The molecule has 0 spiro atoms. The average molecular weight is 373 g/mol. The van der Waals surface area contributed by atoms with Gasteiger partial charge in [-0.1, -0.05) is 29.8 Å². The molecule has 7 nitrogen and oxygen atoms in total. The monoisotopic (exact) mass is 372 g/mol. The van der Waals surface area contributed by atoms with Gasteiger partial charge in [0.1, 0.15) is 5.82 Å². The molecule has 0 bridgehead atoms. The maximum Gasteiger partial charge on any atom is 0.353 e. The minimum Gasteiger partial charge on any atom is -0.481 e. The lowest BCUT2D eigenvalue weighted by molar-refractivity contribution is 0.397. The van der Waals surface area contributed by atoms with Crippen molar-refractivity contribution >= 4 is 11.6 Å². The minimum atomic E-state index is -0.587. The Morgan fingerprint density at radius 2 is 1.65 bits per heavy atom. The number of aromatic nitrogens is 4. The highest BCUT2D eigenvalue weighted by Gasteiger charge is 2.11. The van der Waals surface area contributed by atoms with E-state index in [1.165, 1.54) is 11.7 Å². The third kappa shape index (κ3) is 3.83. The first-order chi connectivity index (χ1) is 12.5. The summed E-state index contributed by atoms with van der Waals surface area (Å²) in [5, 5.41) is 0.618. The molecule has 0 aliphatic carbocycles. The van der Waals surface area contributed by atoms with E-state index in [1.807, 2.05) is 12.1 Å². The second-order valence-electron chi connectivity index (χ2n) is 5.73. The summed E-state index contributed by atoms with van der Waals surface area (Å²) in [7, 11) is 1.52. The van der Waals surface area contributed by atoms with Crippen LogP contribution in [-0.4, -0.2) is 26.2 Å². The quantitative estimate of drug-likeness (QED) is 0.683. The average Bonchev–Trinajstić information content (AvgIpc) is 2.64. The molecule has 2 heterocycles. The smallest absolute Gasteiger partial charge is 0.353 e. The molecular formula is C18H17ClN4O3. The summed E-state index contributed by atoms with van der Waals surface area (Å²) in [6, 6.07) is 10.6. The molecule has 0 N–H and O–H groups in total. The van der Waals surface area contributed by atoms with Gasteiger partial charge in [-0.2, -0.15) is 4.98 Å².